The van der Waals surface area contributed by atoms with Gasteiger partial charge in [-0.05, 0) is 19.3 Å². The van der Waals surface area contributed by atoms with Crippen LogP contribution in [0.15, 0.2) is 0 Å². The third-order valence-corrected chi connectivity index (χ3v) is 2.50. The fraction of sp³-hybridized carbons (Fsp3) is 0.889. The van der Waals surface area contributed by atoms with Crippen molar-refractivity contribution in [2.75, 3.05) is 6.54 Å². The van der Waals surface area contributed by atoms with Crippen molar-refractivity contribution in [1.29, 1.82) is 0 Å². The number of nitrogens with one attached hydrogen (secondary N) is 1. The summed E-state index contributed by atoms with van der Waals surface area (Å²) in [7, 11) is 0. The van der Waals surface area contributed by atoms with E-state index in [-0.39, 0.29) is 0 Å². The van der Waals surface area contributed by atoms with Gasteiger partial charge in [-0.1, -0.05) is 37.9 Å². The Kier molecular flexibility index (Phi) is 4.51. The Morgan fingerprint density at radius 1 is 0.909 bits per heavy atom. The molecule has 1 heterocycles. The zero-order valence-corrected chi connectivity index (χ0v) is 7.88. The van der Waals surface area contributed by atoms with Gasteiger partial charge in [-0.2, -0.15) is 0 Å². The van der Waals surface area contributed by atoms with Gasteiger partial charge in [-0.25, -0.2) is 0 Å². The highest BCUT2D eigenvalue weighted by atomic mass is 32.1. The lowest BCUT2D eigenvalue weighted by atomic mass is 10.1. The van der Waals surface area contributed by atoms with Crippen LogP contribution in [0.2, 0.25) is 0 Å². The maximum atomic E-state index is 5.15. The van der Waals surface area contributed by atoms with Gasteiger partial charge in [0, 0.05) is 6.54 Å². The first-order chi connectivity index (χ1) is 5.39. The highest BCUT2D eigenvalue weighted by Gasteiger charge is 1.99. The van der Waals surface area contributed by atoms with Crippen LogP contribution in [0.5, 0.6) is 0 Å². The van der Waals surface area contributed by atoms with Crippen molar-refractivity contribution in [2.24, 2.45) is 0 Å². The standard InChI is InChI=1S/C9H17NS/c11-9-7-5-3-1-2-4-6-8-10-9/h1-8H2,(H,10,11). The van der Waals surface area contributed by atoms with Crippen LogP contribution >= 0.6 is 12.2 Å². The van der Waals surface area contributed by atoms with Gasteiger partial charge in [-0.15, -0.1) is 0 Å². The highest BCUT2D eigenvalue weighted by Crippen LogP contribution is 2.08. The van der Waals surface area contributed by atoms with Gasteiger partial charge in [0.2, 0.25) is 0 Å². The molecule has 0 aliphatic carbocycles. The fourth-order valence-corrected chi connectivity index (χ4v) is 1.68. The minimum atomic E-state index is 1.08. The normalized spacial score (nSPS) is 22.4. The Labute approximate surface area is 74.6 Å². The Morgan fingerprint density at radius 3 is 2.36 bits per heavy atom. The Bertz CT molecular complexity index is 111. The molecule has 1 saturated heterocycles. The van der Waals surface area contributed by atoms with E-state index in [1.54, 1.807) is 0 Å². The molecule has 0 aromatic rings. The van der Waals surface area contributed by atoms with E-state index >= 15 is 0 Å². The van der Waals surface area contributed by atoms with Crippen molar-refractivity contribution in [3.05, 3.63) is 0 Å². The van der Waals surface area contributed by atoms with Gasteiger partial charge in [0.25, 0.3) is 0 Å². The third kappa shape index (κ3) is 4.35. The summed E-state index contributed by atoms with van der Waals surface area (Å²) in [6.45, 7) is 1.10. The van der Waals surface area contributed by atoms with Crippen LogP contribution in [0.1, 0.15) is 44.9 Å². The van der Waals surface area contributed by atoms with E-state index in [0.717, 1.165) is 18.0 Å². The second kappa shape index (κ2) is 5.53. The Morgan fingerprint density at radius 2 is 1.55 bits per heavy atom. The predicted octanol–water partition coefficient (Wildman–Crippen LogP) is 2.65. The van der Waals surface area contributed by atoms with Gasteiger partial charge in [-0.3, -0.25) is 0 Å². The average molecular weight is 171 g/mol. The van der Waals surface area contributed by atoms with Gasteiger partial charge < -0.3 is 5.32 Å². The SMILES string of the molecule is S=C1CCCCCCCCN1. The molecule has 0 unspecified atom stereocenters. The second-order valence-corrected chi connectivity index (χ2v) is 3.71. The van der Waals surface area contributed by atoms with Crippen LogP contribution < -0.4 is 5.32 Å². The molecule has 0 spiro atoms. The largest absolute Gasteiger partial charge is 0.380 e. The van der Waals surface area contributed by atoms with Crippen molar-refractivity contribution in [3.63, 3.8) is 0 Å². The number of rotatable bonds is 0. The molecule has 1 rings (SSSR count). The summed E-state index contributed by atoms with van der Waals surface area (Å²) in [6, 6.07) is 0. The van der Waals surface area contributed by atoms with E-state index in [1.807, 2.05) is 0 Å². The summed E-state index contributed by atoms with van der Waals surface area (Å²) in [5, 5.41) is 3.28. The molecular formula is C9H17NS. The molecule has 0 saturated carbocycles. The number of hydrogen-bond acceptors (Lipinski definition) is 1. The van der Waals surface area contributed by atoms with Crippen LogP contribution in [-0.4, -0.2) is 11.5 Å². The fourth-order valence-electron chi connectivity index (χ4n) is 1.43. The van der Waals surface area contributed by atoms with Gasteiger partial charge >= 0.3 is 0 Å². The summed E-state index contributed by atoms with van der Waals surface area (Å²) >= 11 is 5.15. The monoisotopic (exact) mass is 171 g/mol. The molecule has 11 heavy (non-hydrogen) atoms. The van der Waals surface area contributed by atoms with Crippen LogP contribution in [-0.2, 0) is 0 Å². The third-order valence-electron chi connectivity index (χ3n) is 2.15. The van der Waals surface area contributed by atoms with Crippen molar-refractivity contribution < 1.29 is 0 Å². The quantitative estimate of drug-likeness (QED) is 0.562. The van der Waals surface area contributed by atoms with Crippen molar-refractivity contribution >= 4 is 17.2 Å². The molecule has 1 N–H and O–H groups in total. The molecular weight excluding hydrogens is 154 g/mol. The van der Waals surface area contributed by atoms with E-state index in [0.29, 0.717) is 0 Å². The molecule has 1 aliphatic heterocycles. The van der Waals surface area contributed by atoms with Crippen LogP contribution in [0.25, 0.3) is 0 Å². The van der Waals surface area contributed by atoms with Crippen molar-refractivity contribution in [1.82, 2.24) is 5.32 Å². The first-order valence-corrected chi connectivity index (χ1v) is 5.07. The first kappa shape index (κ1) is 8.98. The summed E-state index contributed by atoms with van der Waals surface area (Å²) in [6.07, 6.45) is 9.23. The number of thiocarbonyl (C=S) groups is 1. The van der Waals surface area contributed by atoms with Gasteiger partial charge in [0.1, 0.15) is 0 Å². The lowest BCUT2D eigenvalue weighted by Gasteiger charge is -2.10. The summed E-state index contributed by atoms with van der Waals surface area (Å²) in [5.41, 5.74) is 0. The zero-order chi connectivity index (χ0) is 7.94. The lowest BCUT2D eigenvalue weighted by Crippen LogP contribution is -2.22. The maximum absolute atomic E-state index is 5.15. The first-order valence-electron chi connectivity index (χ1n) is 4.66. The van der Waals surface area contributed by atoms with Crippen LogP contribution in [0.4, 0.5) is 0 Å². The van der Waals surface area contributed by atoms with Gasteiger partial charge in [0.15, 0.2) is 0 Å². The summed E-state index contributed by atoms with van der Waals surface area (Å²) < 4.78 is 0. The van der Waals surface area contributed by atoms with Crippen LogP contribution in [0.3, 0.4) is 0 Å². The molecule has 0 atom stereocenters. The average Bonchev–Trinajstić information content (AvgIpc) is 2.03. The predicted molar refractivity (Wildman–Crippen MR) is 52.9 cm³/mol. The smallest absolute Gasteiger partial charge is 0.0753 e. The molecule has 0 bridgehead atoms. The van der Waals surface area contributed by atoms with Gasteiger partial charge in [0.05, 0.1) is 4.99 Å². The Hall–Kier alpha value is -0.110. The minimum absolute atomic E-state index is 1.08. The molecule has 1 fully saturated rings. The van der Waals surface area contributed by atoms with E-state index < -0.39 is 0 Å². The lowest BCUT2D eigenvalue weighted by molar-refractivity contribution is 0.581. The maximum Gasteiger partial charge on any atom is 0.0753 e. The Balaban J connectivity index is 2.17. The summed E-state index contributed by atoms with van der Waals surface area (Å²) in [5.74, 6) is 0. The molecule has 1 nitrogen and oxygen atoms in total. The van der Waals surface area contributed by atoms with E-state index in [9.17, 15) is 0 Å². The molecule has 0 radical (unpaired) electrons. The highest BCUT2D eigenvalue weighted by molar-refractivity contribution is 7.80. The van der Waals surface area contributed by atoms with E-state index in [4.69, 9.17) is 12.2 Å². The minimum Gasteiger partial charge on any atom is -0.380 e. The topological polar surface area (TPSA) is 12.0 Å². The van der Waals surface area contributed by atoms with Crippen LogP contribution in [0, 0.1) is 0 Å². The summed E-state index contributed by atoms with van der Waals surface area (Å²) in [4.78, 5) is 1.08. The van der Waals surface area contributed by atoms with Crippen molar-refractivity contribution in [2.45, 2.75) is 44.9 Å². The van der Waals surface area contributed by atoms with E-state index in [1.165, 1.54) is 38.5 Å². The molecule has 0 aromatic carbocycles. The molecule has 1 aliphatic rings. The second-order valence-electron chi connectivity index (χ2n) is 3.22. The number of hydrogen-bond donors (Lipinski definition) is 1. The zero-order valence-electron chi connectivity index (χ0n) is 7.07. The molecule has 2 heteroatoms. The molecule has 0 aromatic heterocycles. The van der Waals surface area contributed by atoms with Crippen molar-refractivity contribution in [3.8, 4) is 0 Å². The molecule has 64 valence electrons. The van der Waals surface area contributed by atoms with E-state index in [2.05, 4.69) is 5.32 Å². The molecule has 0 amide bonds.